The van der Waals surface area contributed by atoms with Crippen molar-refractivity contribution in [1.29, 1.82) is 0 Å². The summed E-state index contributed by atoms with van der Waals surface area (Å²) >= 11 is 5.90. The number of halogens is 1. The lowest BCUT2D eigenvalue weighted by atomic mass is 9.99. The number of aromatic nitrogens is 1. The molecule has 0 saturated carbocycles. The van der Waals surface area contributed by atoms with E-state index in [1.165, 1.54) is 0 Å². The van der Waals surface area contributed by atoms with E-state index in [-0.39, 0.29) is 13.0 Å². The zero-order valence-electron chi connectivity index (χ0n) is 10.5. The maximum atomic E-state index is 10.2. The van der Waals surface area contributed by atoms with Gasteiger partial charge in [-0.05, 0) is 35.7 Å². The van der Waals surface area contributed by atoms with Crippen molar-refractivity contribution in [3.63, 3.8) is 0 Å². The maximum absolute atomic E-state index is 10.2. The molecule has 0 radical (unpaired) electrons. The number of aliphatic hydroxyl groups excluding tert-OH is 2. The highest BCUT2D eigenvalue weighted by Crippen LogP contribution is 2.27. The molecule has 0 saturated heterocycles. The standard InChI is InChI=1S/C13H13ClN4O2/c14-8-1-2-9-10(3-5-16-11(9)7-8)13(20)12(19)4-6-17-18-15/h1-3,5,7,12-13,19-20H,4,6H2. The van der Waals surface area contributed by atoms with Crippen LogP contribution in [0.3, 0.4) is 0 Å². The van der Waals surface area contributed by atoms with Crippen LogP contribution in [0, 0.1) is 0 Å². The predicted octanol–water partition coefficient (Wildman–Crippen LogP) is 2.98. The van der Waals surface area contributed by atoms with Crippen LogP contribution in [0.2, 0.25) is 5.02 Å². The van der Waals surface area contributed by atoms with E-state index < -0.39 is 12.2 Å². The van der Waals surface area contributed by atoms with Gasteiger partial charge in [0, 0.05) is 28.1 Å². The van der Waals surface area contributed by atoms with Gasteiger partial charge in [0.1, 0.15) is 6.10 Å². The van der Waals surface area contributed by atoms with Gasteiger partial charge < -0.3 is 10.2 Å². The number of hydrogen-bond acceptors (Lipinski definition) is 4. The second-order valence-corrected chi connectivity index (χ2v) is 4.75. The lowest BCUT2D eigenvalue weighted by molar-refractivity contribution is 0.0159. The van der Waals surface area contributed by atoms with Gasteiger partial charge in [0.05, 0.1) is 11.6 Å². The Morgan fingerprint density at radius 1 is 1.35 bits per heavy atom. The largest absolute Gasteiger partial charge is 0.390 e. The number of hydrogen-bond donors (Lipinski definition) is 2. The van der Waals surface area contributed by atoms with E-state index in [9.17, 15) is 10.2 Å². The van der Waals surface area contributed by atoms with Crippen molar-refractivity contribution in [1.82, 2.24) is 4.98 Å². The molecule has 1 aromatic heterocycles. The average molecular weight is 293 g/mol. The molecular formula is C13H13ClN4O2. The molecular weight excluding hydrogens is 280 g/mol. The fraction of sp³-hybridized carbons (Fsp3) is 0.308. The number of benzene rings is 1. The highest BCUT2D eigenvalue weighted by molar-refractivity contribution is 6.31. The summed E-state index contributed by atoms with van der Waals surface area (Å²) < 4.78 is 0. The van der Waals surface area contributed by atoms with Gasteiger partial charge in [-0.3, -0.25) is 4.98 Å². The molecule has 0 fully saturated rings. The fourth-order valence-electron chi connectivity index (χ4n) is 2.00. The summed E-state index contributed by atoms with van der Waals surface area (Å²) in [7, 11) is 0. The first-order valence-corrected chi connectivity index (χ1v) is 6.42. The van der Waals surface area contributed by atoms with Crippen molar-refractivity contribution < 1.29 is 10.2 Å². The Balaban J connectivity index is 2.29. The van der Waals surface area contributed by atoms with E-state index in [0.29, 0.717) is 16.1 Å². The number of azide groups is 1. The predicted molar refractivity (Wildman–Crippen MR) is 76.3 cm³/mol. The number of rotatable bonds is 5. The minimum atomic E-state index is -1.07. The third-order valence-electron chi connectivity index (χ3n) is 3.01. The maximum Gasteiger partial charge on any atom is 0.106 e. The van der Waals surface area contributed by atoms with Crippen molar-refractivity contribution in [3.8, 4) is 0 Å². The van der Waals surface area contributed by atoms with Crippen molar-refractivity contribution in [2.75, 3.05) is 6.54 Å². The zero-order valence-corrected chi connectivity index (χ0v) is 11.3. The smallest absolute Gasteiger partial charge is 0.106 e. The molecule has 7 heteroatoms. The van der Waals surface area contributed by atoms with Gasteiger partial charge in [0.25, 0.3) is 0 Å². The summed E-state index contributed by atoms with van der Waals surface area (Å²) in [6.45, 7) is 0.129. The van der Waals surface area contributed by atoms with Gasteiger partial charge in [0.2, 0.25) is 0 Å². The Kier molecular flexibility index (Phi) is 4.76. The van der Waals surface area contributed by atoms with Gasteiger partial charge in [-0.15, -0.1) is 0 Å². The number of nitrogens with zero attached hydrogens (tertiary/aromatic N) is 4. The number of pyridine rings is 1. The van der Waals surface area contributed by atoms with E-state index in [4.69, 9.17) is 17.1 Å². The number of aliphatic hydroxyl groups is 2. The normalized spacial score (nSPS) is 13.8. The summed E-state index contributed by atoms with van der Waals surface area (Å²) in [4.78, 5) is 6.78. The summed E-state index contributed by atoms with van der Waals surface area (Å²) in [6, 6.07) is 6.80. The molecule has 2 aromatic rings. The van der Waals surface area contributed by atoms with E-state index in [2.05, 4.69) is 15.0 Å². The minimum absolute atomic E-state index is 0.129. The molecule has 2 rings (SSSR count). The van der Waals surface area contributed by atoms with Gasteiger partial charge in [0.15, 0.2) is 0 Å². The van der Waals surface area contributed by atoms with E-state index in [0.717, 1.165) is 5.39 Å². The van der Waals surface area contributed by atoms with Crippen LogP contribution in [0.15, 0.2) is 35.6 Å². The molecule has 104 valence electrons. The molecule has 1 heterocycles. The van der Waals surface area contributed by atoms with Crippen LogP contribution >= 0.6 is 11.6 Å². The first-order valence-electron chi connectivity index (χ1n) is 6.04. The van der Waals surface area contributed by atoms with Crippen LogP contribution < -0.4 is 0 Å². The van der Waals surface area contributed by atoms with Crippen LogP contribution in [0.4, 0.5) is 0 Å². The minimum Gasteiger partial charge on any atom is -0.390 e. The van der Waals surface area contributed by atoms with Crippen molar-refractivity contribution in [3.05, 3.63) is 51.5 Å². The summed E-state index contributed by atoms with van der Waals surface area (Å²) in [6.07, 6.45) is -0.350. The molecule has 0 aliphatic rings. The lowest BCUT2D eigenvalue weighted by Crippen LogP contribution is -2.19. The van der Waals surface area contributed by atoms with E-state index in [1.807, 2.05) is 0 Å². The molecule has 20 heavy (non-hydrogen) atoms. The lowest BCUT2D eigenvalue weighted by Gasteiger charge is -2.18. The van der Waals surface area contributed by atoms with Crippen LogP contribution in [0.5, 0.6) is 0 Å². The quantitative estimate of drug-likeness (QED) is 0.503. The van der Waals surface area contributed by atoms with Crippen LogP contribution in [-0.4, -0.2) is 27.8 Å². The Morgan fingerprint density at radius 2 is 2.15 bits per heavy atom. The SMILES string of the molecule is [N-]=[N+]=NCCC(O)C(O)c1ccnc2cc(Cl)ccc12. The fourth-order valence-corrected chi connectivity index (χ4v) is 2.17. The second kappa shape index (κ2) is 6.54. The average Bonchev–Trinajstić information content (AvgIpc) is 2.45. The van der Waals surface area contributed by atoms with E-state index >= 15 is 0 Å². The summed E-state index contributed by atoms with van der Waals surface area (Å²) in [5.74, 6) is 0. The van der Waals surface area contributed by atoms with Gasteiger partial charge >= 0.3 is 0 Å². The summed E-state index contributed by atoms with van der Waals surface area (Å²) in [5.41, 5.74) is 9.41. The summed E-state index contributed by atoms with van der Waals surface area (Å²) in [5, 5.41) is 24.8. The Morgan fingerprint density at radius 3 is 2.90 bits per heavy atom. The Bertz CT molecular complexity index is 658. The van der Waals surface area contributed by atoms with Crippen molar-refractivity contribution in [2.45, 2.75) is 18.6 Å². The Hall–Kier alpha value is -1.85. The van der Waals surface area contributed by atoms with Gasteiger partial charge in [-0.2, -0.15) is 0 Å². The van der Waals surface area contributed by atoms with E-state index in [1.54, 1.807) is 30.5 Å². The van der Waals surface area contributed by atoms with Crippen molar-refractivity contribution >= 4 is 22.5 Å². The second-order valence-electron chi connectivity index (χ2n) is 4.32. The molecule has 0 spiro atoms. The molecule has 2 N–H and O–H groups in total. The molecule has 0 bridgehead atoms. The molecule has 2 atom stereocenters. The highest BCUT2D eigenvalue weighted by atomic mass is 35.5. The Labute approximate surface area is 120 Å². The molecule has 0 aliphatic carbocycles. The van der Waals surface area contributed by atoms with Gasteiger partial charge in [-0.25, -0.2) is 0 Å². The molecule has 0 aliphatic heterocycles. The monoisotopic (exact) mass is 292 g/mol. The van der Waals surface area contributed by atoms with Crippen LogP contribution in [-0.2, 0) is 0 Å². The molecule has 0 amide bonds. The topological polar surface area (TPSA) is 102 Å². The third-order valence-corrected chi connectivity index (χ3v) is 3.24. The third kappa shape index (κ3) is 3.18. The number of fused-ring (bicyclic) bond motifs is 1. The molecule has 6 nitrogen and oxygen atoms in total. The molecule has 1 aromatic carbocycles. The van der Waals surface area contributed by atoms with Crippen LogP contribution in [0.1, 0.15) is 18.1 Å². The first kappa shape index (κ1) is 14.6. The van der Waals surface area contributed by atoms with Crippen LogP contribution in [0.25, 0.3) is 21.3 Å². The molecule has 2 unspecified atom stereocenters. The first-order chi connectivity index (χ1) is 9.63. The highest BCUT2D eigenvalue weighted by Gasteiger charge is 2.20. The van der Waals surface area contributed by atoms with Gasteiger partial charge in [-0.1, -0.05) is 22.8 Å². The van der Waals surface area contributed by atoms with Crippen molar-refractivity contribution in [2.24, 2.45) is 5.11 Å². The zero-order chi connectivity index (χ0) is 14.5.